The molecule has 0 aliphatic heterocycles. The Morgan fingerprint density at radius 3 is 2.12 bits per heavy atom. The Bertz CT molecular complexity index is 413. The summed E-state index contributed by atoms with van der Waals surface area (Å²) in [5.74, 6) is -1.53. The minimum absolute atomic E-state index is 0.255. The Hall–Kier alpha value is -1.36. The van der Waals surface area contributed by atoms with Gasteiger partial charge in [0.1, 0.15) is 6.54 Å². The highest BCUT2D eigenvalue weighted by Gasteiger charge is 2.22. The zero-order valence-electron chi connectivity index (χ0n) is 17.3. The van der Waals surface area contributed by atoms with Crippen LogP contribution in [0, 0.1) is 0 Å². The average molecular weight is 370 g/mol. The molecule has 1 unspecified atom stereocenters. The first-order chi connectivity index (χ1) is 12.2. The third-order valence-corrected chi connectivity index (χ3v) is 4.10. The van der Waals surface area contributed by atoms with Crippen molar-refractivity contribution in [2.75, 3.05) is 27.7 Å². The predicted molar refractivity (Wildman–Crippen MR) is 103 cm³/mol. The van der Waals surface area contributed by atoms with E-state index in [1.807, 2.05) is 27.2 Å². The van der Waals surface area contributed by atoms with Crippen LogP contribution in [0.25, 0.3) is 0 Å². The molecule has 0 spiro atoms. The summed E-state index contributed by atoms with van der Waals surface area (Å²) in [7, 11) is 5.80. The second kappa shape index (κ2) is 14.8. The summed E-state index contributed by atoms with van der Waals surface area (Å²) in [4.78, 5) is 22.7. The van der Waals surface area contributed by atoms with Gasteiger partial charge >= 0.3 is 5.97 Å². The molecular formula is C21H39NO4. The molecular weight excluding hydrogens is 330 g/mol. The van der Waals surface area contributed by atoms with E-state index in [4.69, 9.17) is 4.74 Å². The fourth-order valence-electron chi connectivity index (χ4n) is 2.84. The molecule has 0 N–H and O–H groups in total. The van der Waals surface area contributed by atoms with E-state index in [-0.39, 0.29) is 18.8 Å². The van der Waals surface area contributed by atoms with Crippen molar-refractivity contribution in [2.24, 2.45) is 0 Å². The van der Waals surface area contributed by atoms with E-state index in [0.717, 1.165) is 6.42 Å². The minimum Gasteiger partial charge on any atom is -0.550 e. The smallest absolute Gasteiger partial charge is 0.306 e. The maximum atomic E-state index is 11.9. The Morgan fingerprint density at radius 1 is 0.962 bits per heavy atom. The van der Waals surface area contributed by atoms with Crippen LogP contribution in [0.5, 0.6) is 0 Å². The van der Waals surface area contributed by atoms with Crippen LogP contribution in [-0.4, -0.2) is 50.2 Å². The van der Waals surface area contributed by atoms with Crippen LogP contribution in [0.2, 0.25) is 0 Å². The standard InChI is InChI=1S/C21H39NO4/c1-5-6-7-8-9-10-11-12-13-14-15-16-21(25)26-19(17-20(23)24)18-22(2,3)4/h13-14,19H,5-12,15-18H2,1-4H3/b14-13+. The lowest BCUT2D eigenvalue weighted by Crippen LogP contribution is -2.45. The number of carboxylic acid groups (broad SMARTS) is 1. The second-order valence-corrected chi connectivity index (χ2v) is 8.08. The number of ether oxygens (including phenoxy) is 1. The van der Waals surface area contributed by atoms with E-state index >= 15 is 0 Å². The van der Waals surface area contributed by atoms with Crippen LogP contribution in [0.4, 0.5) is 0 Å². The number of carboxylic acids is 1. The lowest BCUT2D eigenvalue weighted by atomic mass is 10.1. The van der Waals surface area contributed by atoms with Crippen molar-refractivity contribution in [2.45, 2.75) is 83.7 Å². The Balaban J connectivity index is 3.86. The molecule has 0 rings (SSSR count). The summed E-state index contributed by atoms with van der Waals surface area (Å²) >= 11 is 0. The van der Waals surface area contributed by atoms with Crippen LogP contribution in [0.15, 0.2) is 12.2 Å². The number of carbonyl (C=O) groups excluding carboxylic acids is 2. The number of carbonyl (C=O) groups is 2. The van der Waals surface area contributed by atoms with Crippen molar-refractivity contribution in [1.82, 2.24) is 0 Å². The van der Waals surface area contributed by atoms with Crippen molar-refractivity contribution in [3.8, 4) is 0 Å². The van der Waals surface area contributed by atoms with Gasteiger partial charge in [0.15, 0.2) is 6.10 Å². The molecule has 0 bridgehead atoms. The van der Waals surface area contributed by atoms with Gasteiger partial charge < -0.3 is 19.1 Å². The van der Waals surface area contributed by atoms with Gasteiger partial charge in [0, 0.05) is 18.8 Å². The van der Waals surface area contributed by atoms with Crippen LogP contribution in [-0.2, 0) is 14.3 Å². The van der Waals surface area contributed by atoms with Crippen molar-refractivity contribution < 1.29 is 23.9 Å². The Morgan fingerprint density at radius 2 is 1.54 bits per heavy atom. The zero-order chi connectivity index (χ0) is 19.8. The number of quaternary nitrogens is 1. The summed E-state index contributed by atoms with van der Waals surface area (Å²) < 4.78 is 5.85. The molecule has 0 heterocycles. The number of aliphatic carboxylic acids is 1. The van der Waals surface area contributed by atoms with Gasteiger partial charge in [-0.3, -0.25) is 4.79 Å². The maximum absolute atomic E-state index is 11.9. The molecule has 0 aromatic rings. The van der Waals surface area contributed by atoms with E-state index in [9.17, 15) is 14.7 Å². The van der Waals surface area contributed by atoms with Gasteiger partial charge in [-0.15, -0.1) is 0 Å². The summed E-state index contributed by atoms with van der Waals surface area (Å²) in [6.07, 6.45) is 14.3. The van der Waals surface area contributed by atoms with Gasteiger partial charge in [-0.2, -0.15) is 0 Å². The first kappa shape index (κ1) is 24.6. The average Bonchev–Trinajstić information content (AvgIpc) is 2.50. The van der Waals surface area contributed by atoms with Crippen molar-refractivity contribution >= 4 is 11.9 Å². The molecule has 5 heteroatoms. The molecule has 0 radical (unpaired) electrons. The molecule has 0 aliphatic carbocycles. The van der Waals surface area contributed by atoms with Gasteiger partial charge in [-0.25, -0.2) is 0 Å². The van der Waals surface area contributed by atoms with Gasteiger partial charge in [0.05, 0.1) is 21.1 Å². The third kappa shape index (κ3) is 17.5. The van der Waals surface area contributed by atoms with Gasteiger partial charge in [0.2, 0.25) is 0 Å². The van der Waals surface area contributed by atoms with Crippen molar-refractivity contribution in [3.63, 3.8) is 0 Å². The largest absolute Gasteiger partial charge is 0.550 e. The Kier molecular flexibility index (Phi) is 14.0. The Labute approximate surface area is 160 Å². The third-order valence-electron chi connectivity index (χ3n) is 4.10. The summed E-state index contributed by atoms with van der Waals surface area (Å²) in [5.41, 5.74) is 0. The highest BCUT2D eigenvalue weighted by Crippen LogP contribution is 2.10. The zero-order valence-corrected chi connectivity index (χ0v) is 17.3. The van der Waals surface area contributed by atoms with Crippen LogP contribution >= 0.6 is 0 Å². The topological polar surface area (TPSA) is 66.4 Å². The number of hydrogen-bond acceptors (Lipinski definition) is 4. The molecule has 26 heavy (non-hydrogen) atoms. The molecule has 0 amide bonds. The second-order valence-electron chi connectivity index (χ2n) is 8.08. The SMILES string of the molecule is CCCCCCCCC/C=C/CCC(=O)OC(CC(=O)[O-])C[N+](C)(C)C. The first-order valence-corrected chi connectivity index (χ1v) is 10.1. The molecule has 0 saturated carbocycles. The van der Waals surface area contributed by atoms with Crippen LogP contribution < -0.4 is 5.11 Å². The van der Waals surface area contributed by atoms with Gasteiger partial charge in [-0.05, 0) is 19.3 Å². The fourth-order valence-corrected chi connectivity index (χ4v) is 2.84. The molecule has 152 valence electrons. The number of likely N-dealkylation sites (N-methyl/N-ethyl adjacent to an activating group) is 1. The molecule has 0 fully saturated rings. The molecule has 0 aliphatic rings. The summed E-state index contributed by atoms with van der Waals surface area (Å²) in [6.45, 7) is 2.68. The van der Waals surface area contributed by atoms with E-state index in [1.54, 1.807) is 0 Å². The minimum atomic E-state index is -1.19. The van der Waals surface area contributed by atoms with Crippen molar-refractivity contribution in [3.05, 3.63) is 12.2 Å². The predicted octanol–water partition coefficient (Wildman–Crippen LogP) is 3.22. The van der Waals surface area contributed by atoms with Gasteiger partial charge in [0.25, 0.3) is 0 Å². The number of unbranched alkanes of at least 4 members (excludes halogenated alkanes) is 7. The van der Waals surface area contributed by atoms with E-state index in [2.05, 4.69) is 13.0 Å². The highest BCUT2D eigenvalue weighted by molar-refractivity contribution is 5.71. The monoisotopic (exact) mass is 369 g/mol. The highest BCUT2D eigenvalue weighted by atomic mass is 16.5. The lowest BCUT2D eigenvalue weighted by molar-refractivity contribution is -0.873. The lowest BCUT2D eigenvalue weighted by Gasteiger charge is -2.29. The van der Waals surface area contributed by atoms with E-state index in [1.165, 1.54) is 44.9 Å². The van der Waals surface area contributed by atoms with Crippen molar-refractivity contribution in [1.29, 1.82) is 0 Å². The number of nitrogens with zero attached hydrogens (tertiary/aromatic N) is 1. The quantitative estimate of drug-likeness (QED) is 0.181. The van der Waals surface area contributed by atoms with Crippen LogP contribution in [0.1, 0.15) is 77.6 Å². The number of hydrogen-bond donors (Lipinski definition) is 0. The van der Waals surface area contributed by atoms with Gasteiger partial charge in [-0.1, -0.05) is 57.6 Å². The summed E-state index contributed by atoms with van der Waals surface area (Å²) in [6, 6.07) is 0. The molecule has 0 aromatic carbocycles. The number of esters is 1. The molecule has 0 aromatic heterocycles. The van der Waals surface area contributed by atoms with E-state index < -0.39 is 12.1 Å². The number of allylic oxidation sites excluding steroid dienone is 2. The first-order valence-electron chi connectivity index (χ1n) is 10.1. The number of rotatable bonds is 16. The molecule has 5 nitrogen and oxygen atoms in total. The normalized spacial score (nSPS) is 13.1. The molecule has 1 atom stereocenters. The van der Waals surface area contributed by atoms with E-state index in [0.29, 0.717) is 17.4 Å². The summed E-state index contributed by atoms with van der Waals surface area (Å²) in [5, 5.41) is 10.8. The fraction of sp³-hybridized carbons (Fsp3) is 0.810. The maximum Gasteiger partial charge on any atom is 0.306 e. The molecule has 0 saturated heterocycles. The van der Waals surface area contributed by atoms with Crippen LogP contribution in [0.3, 0.4) is 0 Å².